The maximum Gasteiger partial charge on any atom is 0.227 e. The number of likely N-dealkylation sites (N-methyl/N-ethyl adjacent to an activating group) is 1. The van der Waals surface area contributed by atoms with Gasteiger partial charge in [-0.15, -0.1) is 0 Å². The molecule has 1 saturated heterocycles. The Kier molecular flexibility index (Phi) is 6.23. The van der Waals surface area contributed by atoms with Crippen molar-refractivity contribution in [3.63, 3.8) is 0 Å². The summed E-state index contributed by atoms with van der Waals surface area (Å²) in [5, 5.41) is 3.05. The number of pyridine rings is 1. The van der Waals surface area contributed by atoms with E-state index in [2.05, 4.69) is 39.3 Å². The summed E-state index contributed by atoms with van der Waals surface area (Å²) in [6.07, 6.45) is 2.66. The van der Waals surface area contributed by atoms with Gasteiger partial charge in [0.15, 0.2) is 0 Å². The summed E-state index contributed by atoms with van der Waals surface area (Å²) in [5.41, 5.74) is 2.09. The first-order valence-corrected chi connectivity index (χ1v) is 9.38. The van der Waals surface area contributed by atoms with Gasteiger partial charge < -0.3 is 15.1 Å². The van der Waals surface area contributed by atoms with Gasteiger partial charge in [-0.25, -0.2) is 4.98 Å². The Labute approximate surface area is 156 Å². The number of rotatable bonds is 6. The lowest BCUT2D eigenvalue weighted by Crippen LogP contribution is -2.44. The molecule has 0 bridgehead atoms. The van der Waals surface area contributed by atoms with Crippen LogP contribution < -0.4 is 10.2 Å². The fourth-order valence-electron chi connectivity index (χ4n) is 3.31. The smallest absolute Gasteiger partial charge is 0.227 e. The third-order valence-corrected chi connectivity index (χ3v) is 5.03. The second-order valence-corrected chi connectivity index (χ2v) is 6.90. The third-order valence-electron chi connectivity index (χ3n) is 5.03. The van der Waals surface area contributed by atoms with Crippen LogP contribution in [0, 0.1) is 0 Å². The van der Waals surface area contributed by atoms with Crippen LogP contribution in [0.1, 0.15) is 30.4 Å². The first-order chi connectivity index (χ1) is 12.7. The average Bonchev–Trinajstić information content (AvgIpc) is 2.69. The maximum atomic E-state index is 12.5. The molecule has 5 heteroatoms. The van der Waals surface area contributed by atoms with E-state index in [1.807, 2.05) is 43.5 Å². The van der Waals surface area contributed by atoms with Crippen LogP contribution in [0.5, 0.6) is 0 Å². The fourth-order valence-corrected chi connectivity index (χ4v) is 3.31. The van der Waals surface area contributed by atoms with Gasteiger partial charge in [0.05, 0.1) is 5.92 Å². The number of nitrogens with zero attached hydrogens (tertiary/aromatic N) is 3. The number of piperazine rings is 1. The average molecular weight is 352 g/mol. The number of nitrogens with one attached hydrogen (secondary N) is 1. The zero-order valence-corrected chi connectivity index (χ0v) is 15.7. The number of hydrogen-bond acceptors (Lipinski definition) is 4. The standard InChI is InChI=1S/C21H28N4O/c1-3-19(18-7-5-4-6-8-18)21(26)23-16-17-9-10-20(22-15-17)25-13-11-24(2)12-14-25/h4-10,15,19H,3,11-14,16H2,1-2H3,(H,23,26). The minimum atomic E-state index is -0.103. The van der Waals surface area contributed by atoms with Crippen molar-refractivity contribution in [2.45, 2.75) is 25.8 Å². The number of anilines is 1. The van der Waals surface area contributed by atoms with Crippen LogP contribution >= 0.6 is 0 Å². The number of carbonyl (C=O) groups is 1. The molecule has 1 aliphatic rings. The summed E-state index contributed by atoms with van der Waals surface area (Å²) in [6.45, 7) is 6.71. The van der Waals surface area contributed by atoms with E-state index in [-0.39, 0.29) is 11.8 Å². The highest BCUT2D eigenvalue weighted by Gasteiger charge is 2.18. The molecule has 0 saturated carbocycles. The summed E-state index contributed by atoms with van der Waals surface area (Å²) >= 11 is 0. The van der Waals surface area contributed by atoms with Gasteiger partial charge in [-0.1, -0.05) is 43.3 Å². The van der Waals surface area contributed by atoms with Crippen molar-refractivity contribution in [1.29, 1.82) is 0 Å². The van der Waals surface area contributed by atoms with E-state index in [1.54, 1.807) is 0 Å². The zero-order valence-electron chi connectivity index (χ0n) is 15.7. The molecule has 2 heterocycles. The quantitative estimate of drug-likeness (QED) is 0.868. The number of hydrogen-bond donors (Lipinski definition) is 1. The van der Waals surface area contributed by atoms with Crippen molar-refractivity contribution >= 4 is 11.7 Å². The molecule has 26 heavy (non-hydrogen) atoms. The molecule has 1 aromatic heterocycles. The minimum Gasteiger partial charge on any atom is -0.354 e. The Morgan fingerprint density at radius 1 is 1.12 bits per heavy atom. The lowest BCUT2D eigenvalue weighted by Gasteiger charge is -2.33. The summed E-state index contributed by atoms with van der Waals surface area (Å²) in [7, 11) is 2.15. The predicted octanol–water partition coefficient (Wildman–Crippen LogP) is 2.64. The lowest BCUT2D eigenvalue weighted by molar-refractivity contribution is -0.122. The van der Waals surface area contributed by atoms with Gasteiger partial charge in [0.1, 0.15) is 5.82 Å². The summed E-state index contributed by atoms with van der Waals surface area (Å²) in [4.78, 5) is 21.8. The largest absolute Gasteiger partial charge is 0.354 e. The molecule has 1 amide bonds. The van der Waals surface area contributed by atoms with Gasteiger partial charge in [0.2, 0.25) is 5.91 Å². The molecule has 3 rings (SSSR count). The highest BCUT2D eigenvalue weighted by atomic mass is 16.1. The normalized spacial score (nSPS) is 16.3. The SMILES string of the molecule is CCC(C(=O)NCc1ccc(N2CCN(C)CC2)nc1)c1ccccc1. The summed E-state index contributed by atoms with van der Waals surface area (Å²) in [6, 6.07) is 14.1. The van der Waals surface area contributed by atoms with Crippen molar-refractivity contribution in [2.24, 2.45) is 0 Å². The van der Waals surface area contributed by atoms with Crippen molar-refractivity contribution in [1.82, 2.24) is 15.2 Å². The van der Waals surface area contributed by atoms with E-state index in [0.717, 1.165) is 49.5 Å². The Bertz CT molecular complexity index is 694. The molecule has 1 atom stereocenters. The minimum absolute atomic E-state index is 0.0712. The van der Waals surface area contributed by atoms with E-state index in [9.17, 15) is 4.79 Å². The zero-order chi connectivity index (χ0) is 18.4. The molecule has 1 N–H and O–H groups in total. The molecular formula is C21H28N4O. The second-order valence-electron chi connectivity index (χ2n) is 6.90. The molecule has 138 valence electrons. The molecule has 1 fully saturated rings. The highest BCUT2D eigenvalue weighted by Crippen LogP contribution is 2.19. The van der Waals surface area contributed by atoms with Crippen LogP contribution in [-0.4, -0.2) is 49.0 Å². The van der Waals surface area contributed by atoms with Crippen molar-refractivity contribution in [2.75, 3.05) is 38.1 Å². The Morgan fingerprint density at radius 3 is 2.46 bits per heavy atom. The first-order valence-electron chi connectivity index (χ1n) is 9.38. The van der Waals surface area contributed by atoms with E-state index < -0.39 is 0 Å². The number of aromatic nitrogens is 1. The molecule has 5 nitrogen and oxygen atoms in total. The first kappa shape index (κ1) is 18.4. The number of amides is 1. The topological polar surface area (TPSA) is 48.5 Å². The van der Waals surface area contributed by atoms with Crippen LogP contribution in [0.4, 0.5) is 5.82 Å². The van der Waals surface area contributed by atoms with Gasteiger partial charge in [0.25, 0.3) is 0 Å². The molecule has 1 aromatic carbocycles. The van der Waals surface area contributed by atoms with Crippen molar-refractivity contribution in [3.8, 4) is 0 Å². The van der Waals surface area contributed by atoms with E-state index in [0.29, 0.717) is 6.54 Å². The van der Waals surface area contributed by atoms with Gasteiger partial charge >= 0.3 is 0 Å². The fraction of sp³-hybridized carbons (Fsp3) is 0.429. The van der Waals surface area contributed by atoms with Crippen LogP contribution in [0.25, 0.3) is 0 Å². The number of benzene rings is 1. The van der Waals surface area contributed by atoms with Crippen molar-refractivity contribution in [3.05, 3.63) is 59.8 Å². The van der Waals surface area contributed by atoms with Crippen LogP contribution in [0.3, 0.4) is 0 Å². The molecule has 2 aromatic rings. The number of carbonyl (C=O) groups excluding carboxylic acids is 1. The Balaban J connectivity index is 1.55. The monoisotopic (exact) mass is 352 g/mol. The lowest BCUT2D eigenvalue weighted by atomic mass is 9.95. The van der Waals surface area contributed by atoms with E-state index in [4.69, 9.17) is 0 Å². The van der Waals surface area contributed by atoms with Gasteiger partial charge in [-0.2, -0.15) is 0 Å². The van der Waals surface area contributed by atoms with Crippen LogP contribution in [0.2, 0.25) is 0 Å². The maximum absolute atomic E-state index is 12.5. The summed E-state index contributed by atoms with van der Waals surface area (Å²) in [5.74, 6) is 0.986. The van der Waals surface area contributed by atoms with Crippen molar-refractivity contribution < 1.29 is 4.79 Å². The Hall–Kier alpha value is -2.40. The molecule has 1 unspecified atom stereocenters. The second kappa shape index (κ2) is 8.81. The predicted molar refractivity (Wildman–Crippen MR) is 105 cm³/mol. The van der Waals surface area contributed by atoms with E-state index in [1.165, 1.54) is 0 Å². The molecule has 0 spiro atoms. The van der Waals surface area contributed by atoms with E-state index >= 15 is 0 Å². The molecule has 0 aliphatic carbocycles. The van der Waals surface area contributed by atoms with Crippen LogP contribution in [-0.2, 0) is 11.3 Å². The van der Waals surface area contributed by atoms with Gasteiger partial charge in [0, 0.05) is 38.9 Å². The van der Waals surface area contributed by atoms with Crippen LogP contribution in [0.15, 0.2) is 48.7 Å². The summed E-state index contributed by atoms with van der Waals surface area (Å²) < 4.78 is 0. The highest BCUT2D eigenvalue weighted by molar-refractivity contribution is 5.83. The van der Waals surface area contributed by atoms with Gasteiger partial charge in [-0.3, -0.25) is 4.79 Å². The third kappa shape index (κ3) is 4.61. The van der Waals surface area contributed by atoms with Gasteiger partial charge in [-0.05, 0) is 30.7 Å². The Morgan fingerprint density at radius 2 is 1.85 bits per heavy atom. The molecule has 1 aliphatic heterocycles. The molecule has 0 radical (unpaired) electrons. The molecular weight excluding hydrogens is 324 g/mol.